The van der Waals surface area contributed by atoms with Gasteiger partial charge in [-0.3, -0.25) is 14.4 Å². The van der Waals surface area contributed by atoms with Gasteiger partial charge >= 0.3 is 12.1 Å². The number of esters is 1. The van der Waals surface area contributed by atoms with E-state index in [1.54, 1.807) is 54.5 Å². The van der Waals surface area contributed by atoms with Crippen LogP contribution in [0.3, 0.4) is 0 Å². The summed E-state index contributed by atoms with van der Waals surface area (Å²) in [6.07, 6.45) is -0.720. The first-order chi connectivity index (χ1) is 24.3. The van der Waals surface area contributed by atoms with Crippen molar-refractivity contribution in [2.24, 2.45) is 23.2 Å². The number of hydrogen-bond acceptors (Lipinski definition) is 11. The lowest BCUT2D eigenvalue weighted by Gasteiger charge is -2.47. The molecule has 290 valence electrons. The number of nitrogens with one attached hydrogen (secondary N) is 1. The number of fused-ring (bicyclic) bond motifs is 1. The molecule has 1 aromatic rings. The Morgan fingerprint density at radius 3 is 2.27 bits per heavy atom. The highest BCUT2D eigenvalue weighted by atomic mass is 16.7. The van der Waals surface area contributed by atoms with Gasteiger partial charge in [-0.2, -0.15) is 0 Å². The fourth-order valence-electron chi connectivity index (χ4n) is 8.46. The van der Waals surface area contributed by atoms with Crippen molar-refractivity contribution in [2.75, 3.05) is 21.2 Å². The van der Waals surface area contributed by atoms with Crippen LogP contribution in [0.2, 0.25) is 0 Å². The maximum atomic E-state index is 15.1. The second-order valence-corrected chi connectivity index (χ2v) is 15.9. The van der Waals surface area contributed by atoms with Crippen LogP contribution in [-0.4, -0.2) is 109 Å². The number of allylic oxidation sites excluding steroid dienone is 1. The number of carbonyl (C=O) groups excluding carboxylic acids is 4. The van der Waals surface area contributed by atoms with Crippen molar-refractivity contribution in [1.82, 2.24) is 10.2 Å². The Hall–Kier alpha value is -3.16. The third-order valence-electron chi connectivity index (χ3n) is 11.7. The van der Waals surface area contributed by atoms with Crippen LogP contribution >= 0.6 is 0 Å². The van der Waals surface area contributed by atoms with E-state index in [1.807, 2.05) is 62.3 Å². The average molecular weight is 729 g/mol. The van der Waals surface area contributed by atoms with Crippen molar-refractivity contribution in [3.8, 4) is 0 Å². The summed E-state index contributed by atoms with van der Waals surface area (Å²) in [5.74, 6) is -3.84. The molecule has 3 aliphatic heterocycles. The highest BCUT2D eigenvalue weighted by molar-refractivity contribution is 6.05. The zero-order valence-electron chi connectivity index (χ0n) is 32.7. The SMILES string of the molecule is CC[C@H]1OC(=O)C(C)(C/C=C/c2ccccc2)C(=O)[C@H](C)[C@@H](O[C@@H]2O[C@H](C)C[C@H](N(C)C)[C@H]2O)[C@](C)(OC)C[C@@H](C)C(=O)[C@@H](C)[C@H]2NC(=O)O[C@@]21C. The third-order valence-corrected chi connectivity index (χ3v) is 11.7. The van der Waals surface area contributed by atoms with E-state index in [2.05, 4.69) is 5.32 Å². The molecule has 2 N–H and O–H groups in total. The Morgan fingerprint density at radius 1 is 1.02 bits per heavy atom. The van der Waals surface area contributed by atoms with Gasteiger partial charge in [0.05, 0.1) is 23.9 Å². The van der Waals surface area contributed by atoms with Gasteiger partial charge in [0.2, 0.25) is 0 Å². The van der Waals surface area contributed by atoms with Crippen molar-refractivity contribution in [3.63, 3.8) is 0 Å². The minimum absolute atomic E-state index is 0.0114. The minimum Gasteiger partial charge on any atom is -0.457 e. The number of carbonyl (C=O) groups is 4. The molecule has 3 saturated heterocycles. The van der Waals surface area contributed by atoms with Crippen LogP contribution in [0, 0.1) is 23.2 Å². The lowest BCUT2D eigenvalue weighted by atomic mass is 9.70. The van der Waals surface area contributed by atoms with Crippen LogP contribution in [0.25, 0.3) is 6.08 Å². The molecule has 1 unspecified atom stereocenters. The van der Waals surface area contributed by atoms with E-state index in [1.165, 1.54) is 7.11 Å². The quantitative estimate of drug-likeness (QED) is 0.277. The van der Waals surface area contributed by atoms with Gasteiger partial charge in [0.15, 0.2) is 17.7 Å². The Balaban J connectivity index is 1.87. The molecule has 1 aromatic carbocycles. The normalized spacial score (nSPS) is 40.9. The van der Waals surface area contributed by atoms with Gasteiger partial charge in [-0.1, -0.05) is 70.2 Å². The van der Waals surface area contributed by atoms with Gasteiger partial charge in [0.1, 0.15) is 23.4 Å². The predicted octanol–water partition coefficient (Wildman–Crippen LogP) is 4.95. The minimum atomic E-state index is -1.74. The number of amides is 1. The predicted molar refractivity (Wildman–Crippen MR) is 195 cm³/mol. The molecule has 0 spiro atoms. The van der Waals surface area contributed by atoms with Gasteiger partial charge in [-0.25, -0.2) is 4.79 Å². The molecule has 0 radical (unpaired) electrons. The van der Waals surface area contributed by atoms with Crippen LogP contribution in [0.1, 0.15) is 86.6 Å². The number of aliphatic hydroxyl groups is 1. The number of nitrogens with zero attached hydrogens (tertiary/aromatic N) is 1. The highest BCUT2D eigenvalue weighted by Gasteiger charge is 2.59. The molecule has 0 aromatic heterocycles. The number of Topliss-reactive ketones (excluding diaryl/α,β-unsaturated/α-hetero) is 2. The highest BCUT2D eigenvalue weighted by Crippen LogP contribution is 2.42. The molecule has 0 aliphatic carbocycles. The number of benzene rings is 1. The summed E-state index contributed by atoms with van der Waals surface area (Å²) >= 11 is 0. The summed E-state index contributed by atoms with van der Waals surface area (Å²) in [5, 5.41) is 14.3. The summed E-state index contributed by atoms with van der Waals surface area (Å²) in [4.78, 5) is 58.6. The lowest BCUT2D eigenvalue weighted by molar-refractivity contribution is -0.295. The standard InChI is InChI=1S/C40H60N2O10/c1-12-29-40(8)32(41-37(47)52-40)25(4)30(43)23(2)22-39(7,48-11)34(51-35-31(44)28(42(9)10)21-24(3)49-35)26(5)33(45)38(6,36(46)50-29)20-16-19-27-17-14-13-15-18-27/h13-19,23-26,28-29,31-32,34-35,44H,12,20-22H2,1-11H3,(H,41,47)/b19-16+/t23-,24-,25-,26+,28+,29-,31-,32-,34-,35+,38?,39-,40-/m1/s1. The van der Waals surface area contributed by atoms with E-state index in [9.17, 15) is 19.5 Å². The maximum Gasteiger partial charge on any atom is 0.408 e. The van der Waals surface area contributed by atoms with Crippen molar-refractivity contribution < 1.29 is 48.0 Å². The van der Waals surface area contributed by atoms with Crippen LogP contribution < -0.4 is 5.32 Å². The van der Waals surface area contributed by atoms with E-state index in [4.69, 9.17) is 23.7 Å². The van der Waals surface area contributed by atoms with Gasteiger partial charge in [-0.05, 0) is 73.0 Å². The molecule has 4 rings (SSSR count). The average Bonchev–Trinajstić information content (AvgIpc) is 3.42. The Labute approximate surface area is 308 Å². The van der Waals surface area contributed by atoms with Crippen molar-refractivity contribution >= 4 is 29.7 Å². The van der Waals surface area contributed by atoms with Gasteiger partial charge in [-0.15, -0.1) is 0 Å². The topological polar surface area (TPSA) is 150 Å². The number of alkyl carbamates (subject to hydrolysis) is 1. The molecule has 52 heavy (non-hydrogen) atoms. The molecule has 12 heteroatoms. The summed E-state index contributed by atoms with van der Waals surface area (Å²) in [7, 11) is 5.23. The monoisotopic (exact) mass is 728 g/mol. The fraction of sp³-hybridized carbons (Fsp3) is 0.700. The Kier molecular flexibility index (Phi) is 13.2. The molecular weight excluding hydrogens is 668 g/mol. The number of aliphatic hydroxyl groups excluding tert-OH is 1. The van der Waals surface area contributed by atoms with Crippen LogP contribution in [0.5, 0.6) is 0 Å². The number of cyclic esters (lactones) is 1. The number of hydrogen-bond donors (Lipinski definition) is 2. The van der Waals surface area contributed by atoms with Gasteiger partial charge in [0.25, 0.3) is 0 Å². The summed E-state index contributed by atoms with van der Waals surface area (Å²) < 4.78 is 31.1. The van der Waals surface area contributed by atoms with Crippen molar-refractivity contribution in [1.29, 1.82) is 0 Å². The van der Waals surface area contributed by atoms with E-state index < -0.39 is 82.9 Å². The maximum absolute atomic E-state index is 15.1. The number of ether oxygens (including phenoxy) is 5. The smallest absolute Gasteiger partial charge is 0.408 e. The van der Waals surface area contributed by atoms with E-state index in [0.29, 0.717) is 6.42 Å². The number of methoxy groups -OCH3 is 1. The van der Waals surface area contributed by atoms with E-state index >= 15 is 4.79 Å². The molecule has 3 fully saturated rings. The van der Waals surface area contributed by atoms with Crippen molar-refractivity contribution in [2.45, 2.75) is 135 Å². The number of ketones is 2. The van der Waals surface area contributed by atoms with E-state index in [0.717, 1.165) is 5.56 Å². The first-order valence-corrected chi connectivity index (χ1v) is 18.5. The number of rotatable bonds is 8. The Morgan fingerprint density at radius 2 is 1.67 bits per heavy atom. The van der Waals surface area contributed by atoms with Gasteiger partial charge in [0, 0.05) is 30.9 Å². The largest absolute Gasteiger partial charge is 0.457 e. The summed E-state index contributed by atoms with van der Waals surface area (Å²) in [5.41, 5.74) is -3.54. The van der Waals surface area contributed by atoms with Crippen molar-refractivity contribution in [3.05, 3.63) is 42.0 Å². The molecule has 13 atom stereocenters. The first-order valence-electron chi connectivity index (χ1n) is 18.5. The van der Waals surface area contributed by atoms with Crippen LogP contribution in [-0.2, 0) is 38.1 Å². The molecular formula is C40H60N2O10. The summed E-state index contributed by atoms with van der Waals surface area (Å²) in [6.45, 7) is 13.9. The molecule has 1 amide bonds. The Bertz CT molecular complexity index is 1470. The van der Waals surface area contributed by atoms with Gasteiger partial charge < -0.3 is 39.0 Å². The lowest BCUT2D eigenvalue weighted by Crippen LogP contribution is -2.61. The molecule has 12 nitrogen and oxygen atoms in total. The van der Waals surface area contributed by atoms with E-state index in [-0.39, 0.29) is 37.2 Å². The zero-order valence-corrected chi connectivity index (χ0v) is 32.7. The first kappa shape index (κ1) is 41.6. The second-order valence-electron chi connectivity index (χ2n) is 15.9. The molecule has 0 saturated carbocycles. The zero-order chi connectivity index (χ0) is 38.8. The molecule has 0 bridgehead atoms. The van der Waals surface area contributed by atoms with Crippen LogP contribution in [0.4, 0.5) is 4.79 Å². The fourth-order valence-corrected chi connectivity index (χ4v) is 8.46. The molecule has 3 heterocycles. The number of likely N-dealkylation sites (N-methyl/N-ethyl adjacent to an activating group) is 1. The second kappa shape index (κ2) is 16.5. The molecule has 3 aliphatic rings. The van der Waals surface area contributed by atoms with Crippen LogP contribution in [0.15, 0.2) is 36.4 Å². The third kappa shape index (κ3) is 8.31. The summed E-state index contributed by atoms with van der Waals surface area (Å²) in [6, 6.07) is 8.41.